The zero-order chi connectivity index (χ0) is 18.6. The number of nitrogens with one attached hydrogen (secondary N) is 1. The molecule has 0 unspecified atom stereocenters. The molecule has 0 radical (unpaired) electrons. The molecule has 3 aromatic heterocycles. The molecule has 27 heavy (non-hydrogen) atoms. The zero-order valence-electron chi connectivity index (χ0n) is 14.3. The van der Waals surface area contributed by atoms with Crippen molar-refractivity contribution in [2.45, 2.75) is 10.9 Å². The van der Waals surface area contributed by atoms with Crippen molar-refractivity contribution in [1.29, 1.82) is 0 Å². The first kappa shape index (κ1) is 17.4. The summed E-state index contributed by atoms with van der Waals surface area (Å²) < 4.78 is 11.9. The average Bonchev–Trinajstić information content (AvgIpc) is 3.42. The monoisotopic (exact) mass is 400 g/mol. The van der Waals surface area contributed by atoms with Gasteiger partial charge in [-0.1, -0.05) is 11.8 Å². The number of methoxy groups -OCH3 is 1. The molecule has 0 fully saturated rings. The Balaban J connectivity index is 1.38. The van der Waals surface area contributed by atoms with Gasteiger partial charge >= 0.3 is 0 Å². The van der Waals surface area contributed by atoms with Gasteiger partial charge in [-0.05, 0) is 36.4 Å². The largest absolute Gasteiger partial charge is 0.497 e. The molecule has 3 heterocycles. The lowest BCUT2D eigenvalue weighted by molar-refractivity contribution is 0.415. The van der Waals surface area contributed by atoms with Gasteiger partial charge in [-0.3, -0.25) is 0 Å². The lowest BCUT2D eigenvalue weighted by atomic mass is 10.3. The van der Waals surface area contributed by atoms with Crippen molar-refractivity contribution in [3.05, 3.63) is 53.7 Å². The predicted molar refractivity (Wildman–Crippen MR) is 106 cm³/mol. The Kier molecular flexibility index (Phi) is 4.99. The minimum Gasteiger partial charge on any atom is -0.497 e. The topological polar surface area (TPSA) is 104 Å². The standard InChI is InChI=1S/C17H16N6O2S2/c1-24-13-6-4-11(5-7-13)19-16-20-12(9-26-16)10-27-17-22-21-15(23(17)18)14-3-2-8-25-14/h2-9H,10,18H2,1H3,(H,19,20). The van der Waals surface area contributed by atoms with E-state index in [0.29, 0.717) is 22.5 Å². The van der Waals surface area contributed by atoms with Crippen molar-refractivity contribution in [3.8, 4) is 17.3 Å². The van der Waals surface area contributed by atoms with E-state index in [9.17, 15) is 0 Å². The van der Waals surface area contributed by atoms with Crippen LogP contribution in [0.1, 0.15) is 5.69 Å². The Morgan fingerprint density at radius 1 is 1.26 bits per heavy atom. The van der Waals surface area contributed by atoms with E-state index in [2.05, 4.69) is 20.5 Å². The molecule has 0 aliphatic carbocycles. The minimum absolute atomic E-state index is 0.489. The maximum atomic E-state index is 6.06. The van der Waals surface area contributed by atoms with Gasteiger partial charge in [-0.2, -0.15) is 0 Å². The van der Waals surface area contributed by atoms with Crippen LogP contribution in [0.3, 0.4) is 0 Å². The molecule has 0 bridgehead atoms. The van der Waals surface area contributed by atoms with E-state index in [-0.39, 0.29) is 0 Å². The molecule has 0 saturated carbocycles. The second kappa shape index (κ2) is 7.72. The van der Waals surface area contributed by atoms with Crippen LogP contribution in [0.15, 0.2) is 57.6 Å². The fourth-order valence-corrected chi connectivity index (χ4v) is 3.90. The van der Waals surface area contributed by atoms with Crippen LogP contribution in [-0.4, -0.2) is 27.0 Å². The summed E-state index contributed by atoms with van der Waals surface area (Å²) in [5, 5.41) is 14.9. The Morgan fingerprint density at radius 2 is 2.11 bits per heavy atom. The number of hydrogen-bond acceptors (Lipinski definition) is 9. The molecule has 3 N–H and O–H groups in total. The van der Waals surface area contributed by atoms with E-state index in [1.165, 1.54) is 16.4 Å². The summed E-state index contributed by atoms with van der Waals surface area (Å²) in [6, 6.07) is 11.3. The molecular weight excluding hydrogens is 384 g/mol. The summed E-state index contributed by atoms with van der Waals surface area (Å²) in [5.41, 5.74) is 1.89. The fraction of sp³-hybridized carbons (Fsp3) is 0.118. The van der Waals surface area contributed by atoms with Crippen molar-refractivity contribution < 1.29 is 9.15 Å². The van der Waals surface area contributed by atoms with Crippen molar-refractivity contribution in [2.24, 2.45) is 0 Å². The van der Waals surface area contributed by atoms with Gasteiger partial charge in [0.25, 0.3) is 0 Å². The smallest absolute Gasteiger partial charge is 0.218 e. The number of benzene rings is 1. The van der Waals surface area contributed by atoms with Gasteiger partial charge in [0.1, 0.15) is 5.75 Å². The van der Waals surface area contributed by atoms with Gasteiger partial charge in [0, 0.05) is 16.8 Å². The van der Waals surface area contributed by atoms with Crippen molar-refractivity contribution >= 4 is 33.9 Å². The number of thioether (sulfide) groups is 1. The Bertz CT molecular complexity index is 1010. The number of hydrogen-bond donors (Lipinski definition) is 2. The maximum Gasteiger partial charge on any atom is 0.218 e. The molecule has 4 rings (SSSR count). The first-order valence-corrected chi connectivity index (χ1v) is 9.82. The van der Waals surface area contributed by atoms with Crippen molar-refractivity contribution in [3.63, 3.8) is 0 Å². The number of thiazole rings is 1. The third kappa shape index (κ3) is 3.91. The first-order chi connectivity index (χ1) is 13.2. The van der Waals surface area contributed by atoms with E-state index < -0.39 is 0 Å². The molecule has 0 spiro atoms. The highest BCUT2D eigenvalue weighted by atomic mass is 32.2. The van der Waals surface area contributed by atoms with Crippen LogP contribution < -0.4 is 15.9 Å². The fourth-order valence-electron chi connectivity index (χ4n) is 2.32. The molecule has 4 aromatic rings. The quantitative estimate of drug-likeness (QED) is 0.357. The number of furan rings is 1. The first-order valence-electron chi connectivity index (χ1n) is 7.95. The number of nitrogens with two attached hydrogens (primary N) is 1. The maximum absolute atomic E-state index is 6.06. The van der Waals surface area contributed by atoms with Crippen LogP contribution in [0.2, 0.25) is 0 Å². The van der Waals surface area contributed by atoms with Crippen LogP contribution in [0.4, 0.5) is 10.8 Å². The van der Waals surface area contributed by atoms with Gasteiger partial charge in [0.05, 0.1) is 19.1 Å². The summed E-state index contributed by atoms with van der Waals surface area (Å²) in [6.07, 6.45) is 1.57. The highest BCUT2D eigenvalue weighted by Crippen LogP contribution is 2.27. The van der Waals surface area contributed by atoms with Crippen LogP contribution in [0.25, 0.3) is 11.6 Å². The summed E-state index contributed by atoms with van der Waals surface area (Å²) in [6.45, 7) is 0. The predicted octanol–water partition coefficient (Wildman–Crippen LogP) is 3.75. The number of rotatable bonds is 7. The second-order valence-corrected chi connectivity index (χ2v) is 7.24. The minimum atomic E-state index is 0.489. The second-order valence-electron chi connectivity index (χ2n) is 5.44. The molecular formula is C17H16N6O2S2. The number of aromatic nitrogens is 4. The molecule has 1 aromatic carbocycles. The highest BCUT2D eigenvalue weighted by molar-refractivity contribution is 7.98. The third-order valence-electron chi connectivity index (χ3n) is 3.65. The molecule has 138 valence electrons. The van der Waals surface area contributed by atoms with Crippen molar-refractivity contribution in [2.75, 3.05) is 18.3 Å². The van der Waals surface area contributed by atoms with Gasteiger partial charge < -0.3 is 20.3 Å². The number of nitrogens with zero attached hydrogens (tertiary/aromatic N) is 4. The molecule has 0 amide bonds. The zero-order valence-corrected chi connectivity index (χ0v) is 16.0. The normalized spacial score (nSPS) is 10.9. The van der Waals surface area contributed by atoms with Crippen molar-refractivity contribution in [1.82, 2.24) is 19.9 Å². The number of anilines is 2. The Morgan fingerprint density at radius 3 is 2.85 bits per heavy atom. The summed E-state index contributed by atoms with van der Waals surface area (Å²) in [5.74, 6) is 8.58. The average molecular weight is 400 g/mol. The Hall–Kier alpha value is -2.98. The molecule has 8 nitrogen and oxygen atoms in total. The van der Waals surface area contributed by atoms with Gasteiger partial charge in [-0.25, -0.2) is 9.66 Å². The summed E-state index contributed by atoms with van der Waals surface area (Å²) in [7, 11) is 1.65. The summed E-state index contributed by atoms with van der Waals surface area (Å²) in [4.78, 5) is 4.59. The summed E-state index contributed by atoms with van der Waals surface area (Å²) >= 11 is 3.01. The van der Waals surface area contributed by atoms with Crippen LogP contribution in [-0.2, 0) is 5.75 Å². The van der Waals surface area contributed by atoms with E-state index in [1.807, 2.05) is 29.6 Å². The molecule has 0 aliphatic rings. The van der Waals surface area contributed by atoms with Gasteiger partial charge in [-0.15, -0.1) is 21.5 Å². The molecule has 0 atom stereocenters. The van der Waals surface area contributed by atoms with E-state index in [4.69, 9.17) is 15.0 Å². The van der Waals surface area contributed by atoms with E-state index >= 15 is 0 Å². The van der Waals surface area contributed by atoms with E-state index in [1.54, 1.807) is 36.8 Å². The number of ether oxygens (including phenoxy) is 1. The third-order valence-corrected chi connectivity index (χ3v) is 5.43. The number of nitrogen functional groups attached to an aromatic ring is 1. The van der Waals surface area contributed by atoms with Gasteiger partial charge in [0.2, 0.25) is 11.0 Å². The van der Waals surface area contributed by atoms with Crippen LogP contribution in [0.5, 0.6) is 5.75 Å². The highest BCUT2D eigenvalue weighted by Gasteiger charge is 2.14. The van der Waals surface area contributed by atoms with Crippen LogP contribution >= 0.6 is 23.1 Å². The van der Waals surface area contributed by atoms with Crippen LogP contribution in [0, 0.1) is 0 Å². The SMILES string of the molecule is COc1ccc(Nc2nc(CSc3nnc(-c4ccco4)n3N)cs2)cc1. The molecule has 0 saturated heterocycles. The Labute approximate surface area is 163 Å². The lowest BCUT2D eigenvalue weighted by Gasteiger charge is -2.04. The lowest BCUT2D eigenvalue weighted by Crippen LogP contribution is -2.11. The molecule has 10 heteroatoms. The molecule has 0 aliphatic heterocycles. The van der Waals surface area contributed by atoms with Gasteiger partial charge in [0.15, 0.2) is 10.9 Å². The van der Waals surface area contributed by atoms with E-state index in [0.717, 1.165) is 22.3 Å².